The SMILES string of the molecule is CN1C(c2ccccc2)=NC(c2ccccc2)=NC1c1cccc2c1oc1c(-c3cccc4c3sc3ccc(-n5c6ccccc6c6ccccc65)cc34)cccc12. The summed E-state index contributed by atoms with van der Waals surface area (Å²) < 4.78 is 12.0. The Morgan fingerprint density at radius 1 is 0.517 bits per heavy atom. The van der Waals surface area contributed by atoms with Gasteiger partial charge in [-0.25, -0.2) is 9.98 Å². The van der Waals surface area contributed by atoms with Crippen molar-refractivity contribution < 1.29 is 4.42 Å². The third-order valence-electron chi connectivity index (χ3n) is 11.7. The van der Waals surface area contributed by atoms with Crippen molar-refractivity contribution >= 4 is 86.9 Å². The van der Waals surface area contributed by atoms with Crippen LogP contribution in [0.3, 0.4) is 0 Å². The zero-order chi connectivity index (χ0) is 38.3. The Kier molecular flexibility index (Phi) is 7.31. The van der Waals surface area contributed by atoms with Crippen LogP contribution in [-0.2, 0) is 0 Å². The molecule has 0 N–H and O–H groups in total. The molecule has 0 radical (unpaired) electrons. The number of amidine groups is 2. The van der Waals surface area contributed by atoms with Crippen molar-refractivity contribution in [3.63, 3.8) is 0 Å². The molecule has 1 aliphatic rings. The predicted octanol–water partition coefficient (Wildman–Crippen LogP) is 13.6. The molecule has 0 saturated heterocycles. The van der Waals surface area contributed by atoms with Crippen molar-refractivity contribution in [3.05, 3.63) is 199 Å². The molecule has 6 heteroatoms. The summed E-state index contributed by atoms with van der Waals surface area (Å²) in [5.74, 6) is 1.57. The second-order valence-electron chi connectivity index (χ2n) is 14.9. The summed E-state index contributed by atoms with van der Waals surface area (Å²) in [5, 5.41) is 7.19. The van der Waals surface area contributed by atoms with Crippen molar-refractivity contribution in [2.24, 2.45) is 9.98 Å². The van der Waals surface area contributed by atoms with E-state index in [2.05, 4.69) is 174 Å². The van der Waals surface area contributed by atoms with Gasteiger partial charge in [0.05, 0.1) is 11.0 Å². The van der Waals surface area contributed by atoms with Gasteiger partial charge in [0.25, 0.3) is 0 Å². The molecular formula is C52H34N4OS. The number of rotatable bonds is 5. The van der Waals surface area contributed by atoms with E-state index in [-0.39, 0.29) is 6.17 Å². The Hall–Kier alpha value is -7.28. The molecule has 0 amide bonds. The molecule has 0 fully saturated rings. The molecule has 8 aromatic carbocycles. The van der Waals surface area contributed by atoms with Crippen molar-refractivity contribution in [3.8, 4) is 16.8 Å². The van der Waals surface area contributed by atoms with E-state index in [9.17, 15) is 0 Å². The number of thiophene rings is 1. The van der Waals surface area contributed by atoms with Gasteiger partial charge in [0.2, 0.25) is 0 Å². The smallest absolute Gasteiger partial charge is 0.159 e. The van der Waals surface area contributed by atoms with Crippen LogP contribution in [0.25, 0.3) is 80.7 Å². The molecule has 12 rings (SSSR count). The van der Waals surface area contributed by atoms with Crippen LogP contribution >= 0.6 is 11.3 Å². The predicted molar refractivity (Wildman–Crippen MR) is 243 cm³/mol. The first-order valence-electron chi connectivity index (χ1n) is 19.6. The van der Waals surface area contributed by atoms with Gasteiger partial charge in [-0.05, 0) is 30.3 Å². The van der Waals surface area contributed by atoms with Crippen molar-refractivity contribution in [2.75, 3.05) is 7.05 Å². The van der Waals surface area contributed by atoms with Gasteiger partial charge in [0.15, 0.2) is 12.0 Å². The van der Waals surface area contributed by atoms with E-state index < -0.39 is 0 Å². The monoisotopic (exact) mass is 762 g/mol. The lowest BCUT2D eigenvalue weighted by molar-refractivity contribution is 0.382. The molecule has 11 aromatic rings. The molecule has 5 nitrogen and oxygen atoms in total. The maximum absolute atomic E-state index is 7.09. The van der Waals surface area contributed by atoms with E-state index in [4.69, 9.17) is 14.4 Å². The highest BCUT2D eigenvalue weighted by molar-refractivity contribution is 7.26. The van der Waals surface area contributed by atoms with Gasteiger partial charge in [0, 0.05) is 82.3 Å². The lowest BCUT2D eigenvalue weighted by Gasteiger charge is -2.32. The number of aromatic nitrogens is 1. The van der Waals surface area contributed by atoms with Gasteiger partial charge in [-0.3, -0.25) is 0 Å². The summed E-state index contributed by atoms with van der Waals surface area (Å²) in [6, 6.07) is 64.6. The standard InChI is InChI=1S/C52H34N4OS/c1-55-51(33-17-6-3-7-18-33)53-50(32-15-4-2-5-16-32)54-52(55)42-26-13-22-38-37-21-12-23-39(47(37)57-48(38)42)40-24-14-25-41-43-31-34(29-30-46(43)58-49(40)41)56-44-27-10-8-19-35(44)36-20-9-11-28-45(36)56/h2-31,52H,1H3. The van der Waals surface area contributed by atoms with E-state index in [0.29, 0.717) is 5.84 Å². The molecule has 58 heavy (non-hydrogen) atoms. The quantitative estimate of drug-likeness (QED) is 0.175. The topological polar surface area (TPSA) is 46.0 Å². The second-order valence-corrected chi connectivity index (χ2v) is 16.0. The highest BCUT2D eigenvalue weighted by atomic mass is 32.1. The largest absolute Gasteiger partial charge is 0.455 e. The highest BCUT2D eigenvalue weighted by Gasteiger charge is 2.30. The van der Waals surface area contributed by atoms with Crippen LogP contribution in [0.15, 0.2) is 196 Å². The molecule has 3 aromatic heterocycles. The molecule has 0 saturated carbocycles. The van der Waals surface area contributed by atoms with E-state index in [1.54, 1.807) is 0 Å². The van der Waals surface area contributed by atoms with Gasteiger partial charge in [-0.15, -0.1) is 11.3 Å². The molecule has 4 heterocycles. The average molecular weight is 763 g/mol. The second kappa shape index (κ2) is 12.9. The summed E-state index contributed by atoms with van der Waals surface area (Å²) in [5.41, 5.74) is 10.6. The number of hydrogen-bond donors (Lipinski definition) is 0. The third kappa shape index (κ3) is 4.95. The number of fused-ring (bicyclic) bond motifs is 9. The minimum atomic E-state index is -0.356. The zero-order valence-electron chi connectivity index (χ0n) is 31.5. The molecule has 1 unspecified atom stereocenters. The summed E-state index contributed by atoms with van der Waals surface area (Å²) in [4.78, 5) is 12.6. The molecule has 0 bridgehead atoms. The van der Waals surface area contributed by atoms with Crippen LogP contribution in [0.4, 0.5) is 0 Å². The average Bonchev–Trinajstić information content (AvgIpc) is 3.97. The first-order valence-corrected chi connectivity index (χ1v) is 20.4. The molecule has 0 spiro atoms. The van der Waals surface area contributed by atoms with Crippen LogP contribution in [0.5, 0.6) is 0 Å². The van der Waals surface area contributed by atoms with Gasteiger partial charge < -0.3 is 13.9 Å². The van der Waals surface area contributed by atoms with Gasteiger partial charge in [-0.1, -0.05) is 152 Å². The van der Waals surface area contributed by atoms with E-state index in [1.165, 1.54) is 47.5 Å². The number of para-hydroxylation sites is 4. The Morgan fingerprint density at radius 2 is 1.12 bits per heavy atom. The maximum Gasteiger partial charge on any atom is 0.159 e. The van der Waals surface area contributed by atoms with Crippen LogP contribution in [0.1, 0.15) is 22.9 Å². The van der Waals surface area contributed by atoms with Crippen molar-refractivity contribution in [1.82, 2.24) is 9.47 Å². The summed E-state index contributed by atoms with van der Waals surface area (Å²) >= 11 is 1.85. The highest BCUT2D eigenvalue weighted by Crippen LogP contribution is 2.46. The van der Waals surface area contributed by atoms with Gasteiger partial charge in [0.1, 0.15) is 17.0 Å². The summed E-state index contributed by atoms with van der Waals surface area (Å²) in [6.45, 7) is 0. The normalized spacial score (nSPS) is 14.6. The number of aliphatic imine (C=N–C) groups is 2. The minimum absolute atomic E-state index is 0.356. The van der Waals surface area contributed by atoms with E-state index in [0.717, 1.165) is 55.7 Å². The Balaban J connectivity index is 1.02. The first-order chi connectivity index (χ1) is 28.7. The van der Waals surface area contributed by atoms with Crippen LogP contribution in [0.2, 0.25) is 0 Å². The lowest BCUT2D eigenvalue weighted by atomic mass is 9.99. The Bertz CT molecular complexity index is 3430. The van der Waals surface area contributed by atoms with Gasteiger partial charge in [-0.2, -0.15) is 0 Å². The zero-order valence-corrected chi connectivity index (χ0v) is 32.3. The number of furan rings is 1. The van der Waals surface area contributed by atoms with Crippen LogP contribution in [-0.4, -0.2) is 28.2 Å². The molecular weight excluding hydrogens is 729 g/mol. The van der Waals surface area contributed by atoms with Crippen LogP contribution < -0.4 is 0 Å². The first kappa shape index (κ1) is 32.9. The molecule has 274 valence electrons. The fraction of sp³-hybridized carbons (Fsp3) is 0.0385. The maximum atomic E-state index is 7.09. The molecule has 0 aliphatic carbocycles. The Morgan fingerprint density at radius 3 is 1.86 bits per heavy atom. The summed E-state index contributed by atoms with van der Waals surface area (Å²) in [6.07, 6.45) is -0.356. The third-order valence-corrected chi connectivity index (χ3v) is 12.9. The van der Waals surface area contributed by atoms with Crippen molar-refractivity contribution in [2.45, 2.75) is 6.17 Å². The van der Waals surface area contributed by atoms with E-state index >= 15 is 0 Å². The fourth-order valence-corrected chi connectivity index (χ4v) is 10.2. The van der Waals surface area contributed by atoms with Gasteiger partial charge >= 0.3 is 0 Å². The fourth-order valence-electron chi connectivity index (χ4n) is 8.98. The van der Waals surface area contributed by atoms with Crippen LogP contribution in [0, 0.1) is 0 Å². The van der Waals surface area contributed by atoms with Crippen molar-refractivity contribution in [1.29, 1.82) is 0 Å². The lowest BCUT2D eigenvalue weighted by Crippen LogP contribution is -2.35. The Labute approximate surface area is 338 Å². The number of nitrogens with zero attached hydrogens (tertiary/aromatic N) is 4. The number of hydrogen-bond acceptors (Lipinski definition) is 5. The minimum Gasteiger partial charge on any atom is -0.455 e. The van der Waals surface area contributed by atoms with E-state index in [1.807, 2.05) is 35.6 Å². The number of benzene rings is 8. The molecule has 1 atom stereocenters. The summed E-state index contributed by atoms with van der Waals surface area (Å²) in [7, 11) is 2.07. The molecule has 1 aliphatic heterocycles.